The highest BCUT2D eigenvalue weighted by Gasteiger charge is 2.25. The van der Waals surface area contributed by atoms with Gasteiger partial charge in [0.2, 0.25) is 5.95 Å². The molecule has 1 amide bonds. The Morgan fingerprint density at radius 2 is 1.64 bits per heavy atom. The maximum atomic E-state index is 12.8. The van der Waals surface area contributed by atoms with Crippen LogP contribution in [0.3, 0.4) is 0 Å². The van der Waals surface area contributed by atoms with Crippen LogP contribution in [0.4, 0.5) is 11.6 Å². The first-order valence-corrected chi connectivity index (χ1v) is 13.9. The van der Waals surface area contributed by atoms with E-state index in [2.05, 4.69) is 54.2 Å². The van der Waals surface area contributed by atoms with Gasteiger partial charge in [-0.3, -0.25) is 9.78 Å². The largest absolute Gasteiger partial charge is 0.488 e. The maximum absolute atomic E-state index is 12.8. The maximum Gasteiger partial charge on any atom is 0.257 e. The van der Waals surface area contributed by atoms with Crippen LogP contribution in [0.25, 0.3) is 11.0 Å². The summed E-state index contributed by atoms with van der Waals surface area (Å²) in [6.45, 7) is 6.42. The Balaban J connectivity index is 1.05. The summed E-state index contributed by atoms with van der Waals surface area (Å²) in [7, 11) is 2.08. The van der Waals surface area contributed by atoms with E-state index < -0.39 is 0 Å². The number of rotatable bonds is 6. The summed E-state index contributed by atoms with van der Waals surface area (Å²) < 4.78 is 12.1. The highest BCUT2D eigenvalue weighted by molar-refractivity contribution is 5.93. The number of ether oxygens (including phenoxy) is 2. The van der Waals surface area contributed by atoms with Crippen molar-refractivity contribution in [2.24, 2.45) is 0 Å². The molecule has 3 fully saturated rings. The van der Waals surface area contributed by atoms with E-state index in [4.69, 9.17) is 9.47 Å². The molecule has 3 aromatic rings. The minimum Gasteiger partial charge on any atom is -0.488 e. The van der Waals surface area contributed by atoms with Gasteiger partial charge in [0.15, 0.2) is 0 Å². The molecule has 0 radical (unpaired) electrons. The summed E-state index contributed by atoms with van der Waals surface area (Å²) in [5, 5.41) is 3.45. The third-order valence-electron chi connectivity index (χ3n) is 7.89. The topological polar surface area (TPSA) is 109 Å². The molecule has 4 heterocycles. The zero-order valence-corrected chi connectivity index (χ0v) is 22.5. The highest BCUT2D eigenvalue weighted by atomic mass is 16.5. The number of carbonyl (C=O) groups is 1. The van der Waals surface area contributed by atoms with Gasteiger partial charge in [-0.2, -0.15) is 0 Å². The SMILES string of the molecule is CN1CCN(C(=O)c2cnc(N[C@H]3CC[C@@H](Oc4cc(N5CCOCC5)cc5nccnc45)CC3)nc2)CC1. The normalized spacial score (nSPS) is 22.6. The number of nitrogens with zero attached hydrogens (tertiary/aromatic N) is 7. The zero-order valence-electron chi connectivity index (χ0n) is 22.5. The molecule has 0 atom stereocenters. The van der Waals surface area contributed by atoms with E-state index in [1.165, 1.54) is 0 Å². The number of amides is 1. The number of benzene rings is 1. The van der Waals surface area contributed by atoms with Crippen LogP contribution in [-0.4, -0.2) is 107 Å². The number of likely N-dealkylation sites (N-methyl/N-ethyl adjacent to an activating group) is 1. The molecule has 1 aromatic carbocycles. The number of hydrogen-bond donors (Lipinski definition) is 1. The van der Waals surface area contributed by atoms with Crippen LogP contribution in [0.5, 0.6) is 5.75 Å². The molecule has 0 unspecified atom stereocenters. The molecule has 39 heavy (non-hydrogen) atoms. The van der Waals surface area contributed by atoms with Crippen molar-refractivity contribution in [2.45, 2.75) is 37.8 Å². The summed E-state index contributed by atoms with van der Waals surface area (Å²) in [5.41, 5.74) is 3.29. The molecule has 1 aliphatic carbocycles. The molecule has 11 heteroatoms. The van der Waals surface area contributed by atoms with E-state index in [0.717, 1.165) is 101 Å². The lowest BCUT2D eigenvalue weighted by molar-refractivity contribution is 0.0663. The van der Waals surface area contributed by atoms with E-state index >= 15 is 0 Å². The monoisotopic (exact) mass is 532 g/mol. The average Bonchev–Trinajstić information content (AvgIpc) is 2.99. The van der Waals surface area contributed by atoms with Crippen LogP contribution in [0.1, 0.15) is 36.0 Å². The molecule has 11 nitrogen and oxygen atoms in total. The zero-order chi connectivity index (χ0) is 26.6. The van der Waals surface area contributed by atoms with Crippen LogP contribution >= 0.6 is 0 Å². The van der Waals surface area contributed by atoms with E-state index in [-0.39, 0.29) is 18.1 Å². The van der Waals surface area contributed by atoms with Crippen LogP contribution in [0, 0.1) is 0 Å². The smallest absolute Gasteiger partial charge is 0.257 e. The molecule has 1 saturated carbocycles. The van der Waals surface area contributed by atoms with Gasteiger partial charge in [0, 0.05) is 81.9 Å². The Morgan fingerprint density at radius 1 is 0.923 bits per heavy atom. The summed E-state index contributed by atoms with van der Waals surface area (Å²) in [4.78, 5) is 37.2. The van der Waals surface area contributed by atoms with Crippen molar-refractivity contribution in [3.8, 4) is 5.75 Å². The van der Waals surface area contributed by atoms with Crippen molar-refractivity contribution >= 4 is 28.6 Å². The number of nitrogens with one attached hydrogen (secondary N) is 1. The van der Waals surface area contributed by atoms with Crippen molar-refractivity contribution in [3.05, 3.63) is 42.5 Å². The molecule has 1 N–H and O–H groups in total. The predicted molar refractivity (Wildman–Crippen MR) is 148 cm³/mol. The second kappa shape index (κ2) is 11.7. The molecule has 0 bridgehead atoms. The molecule has 2 aliphatic heterocycles. The number of morpholine rings is 1. The van der Waals surface area contributed by atoms with Gasteiger partial charge in [0.05, 0.1) is 30.4 Å². The summed E-state index contributed by atoms with van der Waals surface area (Å²) in [6.07, 6.45) is 10.6. The van der Waals surface area contributed by atoms with E-state index in [0.29, 0.717) is 11.5 Å². The molecular weight excluding hydrogens is 496 g/mol. The quantitative estimate of drug-likeness (QED) is 0.508. The first kappa shape index (κ1) is 25.7. The van der Waals surface area contributed by atoms with Crippen molar-refractivity contribution in [2.75, 3.05) is 69.7 Å². The van der Waals surface area contributed by atoms with Gasteiger partial charge in [-0.05, 0) is 38.8 Å². The van der Waals surface area contributed by atoms with Gasteiger partial charge >= 0.3 is 0 Å². The summed E-state index contributed by atoms with van der Waals surface area (Å²) in [5.74, 6) is 1.36. The molecule has 2 saturated heterocycles. The van der Waals surface area contributed by atoms with Gasteiger partial charge in [-0.25, -0.2) is 15.0 Å². The lowest BCUT2D eigenvalue weighted by Gasteiger charge is -2.32. The fraction of sp³-hybridized carbons (Fsp3) is 0.536. The number of aromatic nitrogens is 4. The van der Waals surface area contributed by atoms with Crippen LogP contribution in [0.15, 0.2) is 36.9 Å². The number of piperazine rings is 1. The highest BCUT2D eigenvalue weighted by Crippen LogP contribution is 2.33. The second-order valence-electron chi connectivity index (χ2n) is 10.6. The van der Waals surface area contributed by atoms with Gasteiger partial charge < -0.3 is 29.5 Å². The number of fused-ring (bicyclic) bond motifs is 1. The molecular formula is C28H36N8O3. The lowest BCUT2D eigenvalue weighted by atomic mass is 9.93. The minimum absolute atomic E-state index is 0.00205. The van der Waals surface area contributed by atoms with E-state index in [1.807, 2.05) is 4.90 Å². The van der Waals surface area contributed by atoms with E-state index in [1.54, 1.807) is 24.8 Å². The third kappa shape index (κ3) is 6.04. The van der Waals surface area contributed by atoms with Crippen LogP contribution in [0.2, 0.25) is 0 Å². The van der Waals surface area contributed by atoms with Crippen LogP contribution in [-0.2, 0) is 4.74 Å². The lowest BCUT2D eigenvalue weighted by Crippen LogP contribution is -2.47. The van der Waals surface area contributed by atoms with Gasteiger partial charge in [-0.15, -0.1) is 0 Å². The van der Waals surface area contributed by atoms with E-state index in [9.17, 15) is 4.79 Å². The van der Waals surface area contributed by atoms with Crippen molar-refractivity contribution < 1.29 is 14.3 Å². The molecule has 3 aliphatic rings. The van der Waals surface area contributed by atoms with Crippen molar-refractivity contribution in [1.82, 2.24) is 29.7 Å². The molecule has 2 aromatic heterocycles. The van der Waals surface area contributed by atoms with Gasteiger partial charge in [-0.1, -0.05) is 0 Å². The fourth-order valence-corrected chi connectivity index (χ4v) is 5.51. The fourth-order valence-electron chi connectivity index (χ4n) is 5.51. The third-order valence-corrected chi connectivity index (χ3v) is 7.89. The number of hydrogen-bond acceptors (Lipinski definition) is 10. The summed E-state index contributed by atoms with van der Waals surface area (Å²) >= 11 is 0. The Kier molecular flexibility index (Phi) is 7.69. The van der Waals surface area contributed by atoms with Crippen LogP contribution < -0.4 is 15.0 Å². The number of anilines is 2. The molecule has 0 spiro atoms. The number of carbonyl (C=O) groups excluding carboxylic acids is 1. The van der Waals surface area contributed by atoms with Gasteiger partial charge in [0.1, 0.15) is 11.3 Å². The Bertz CT molecular complexity index is 1270. The molecule has 6 rings (SSSR count). The average molecular weight is 533 g/mol. The second-order valence-corrected chi connectivity index (χ2v) is 10.6. The predicted octanol–water partition coefficient (Wildman–Crippen LogP) is 2.45. The first-order valence-electron chi connectivity index (χ1n) is 13.9. The molecule has 206 valence electrons. The Morgan fingerprint density at radius 3 is 2.38 bits per heavy atom. The van der Waals surface area contributed by atoms with Crippen molar-refractivity contribution in [3.63, 3.8) is 0 Å². The summed E-state index contributed by atoms with van der Waals surface area (Å²) in [6, 6.07) is 4.46. The standard InChI is InChI=1S/C28H36N8O3/c1-34-8-10-36(11-9-34)27(37)20-18-31-28(32-19-20)33-21-2-4-23(5-3-21)39-25-17-22(35-12-14-38-15-13-35)16-24-26(25)30-7-6-29-24/h6-7,16-19,21,23H,2-5,8-15H2,1H3,(H,31,32,33)/t21-,23+. The first-order chi connectivity index (χ1) is 19.1. The Hall–Kier alpha value is -3.57. The van der Waals surface area contributed by atoms with Gasteiger partial charge in [0.25, 0.3) is 5.91 Å². The Labute approximate surface area is 228 Å². The van der Waals surface area contributed by atoms with Crippen molar-refractivity contribution in [1.29, 1.82) is 0 Å². The minimum atomic E-state index is 0.00205.